The molecule has 17 heavy (non-hydrogen) atoms. The molecule has 1 fully saturated rings. The predicted octanol–water partition coefficient (Wildman–Crippen LogP) is 2.79. The first-order chi connectivity index (χ1) is 8.11. The van der Waals surface area contributed by atoms with Crippen molar-refractivity contribution < 1.29 is 8.42 Å². The van der Waals surface area contributed by atoms with Gasteiger partial charge in [-0.05, 0) is 18.6 Å². The Labute approximate surface area is 103 Å². The fourth-order valence-corrected chi connectivity index (χ4v) is 2.72. The standard InChI is InChI=1S/C11H11NO2S.C2H6/c1-9-10-7-5-3-2-4-6-8-11(9)15(13,14)12-10;1-2/h3-8,12H,1-2H2;1-2H3/b5-3-,6-4-,10-7+,11-8+;. The lowest BCUT2D eigenvalue weighted by molar-refractivity contribution is 0.599. The molecule has 3 nitrogen and oxygen atoms in total. The molecule has 1 N–H and O–H groups in total. The summed E-state index contributed by atoms with van der Waals surface area (Å²) in [4.78, 5) is 0.250. The second-order valence-corrected chi connectivity index (χ2v) is 4.94. The van der Waals surface area contributed by atoms with E-state index in [0.717, 1.165) is 6.42 Å². The summed E-state index contributed by atoms with van der Waals surface area (Å²) in [5.74, 6) is 0. The van der Waals surface area contributed by atoms with Gasteiger partial charge in [0.1, 0.15) is 0 Å². The van der Waals surface area contributed by atoms with E-state index in [1.165, 1.54) is 0 Å². The normalized spacial score (nSPS) is 30.6. The molecule has 92 valence electrons. The maximum absolute atomic E-state index is 11.6. The van der Waals surface area contributed by atoms with Gasteiger partial charge in [-0.1, -0.05) is 44.7 Å². The van der Waals surface area contributed by atoms with Gasteiger partial charge in [0.15, 0.2) is 0 Å². The van der Waals surface area contributed by atoms with Crippen LogP contribution in [0.2, 0.25) is 0 Å². The summed E-state index contributed by atoms with van der Waals surface area (Å²) in [6.07, 6.45) is 11.5. The lowest BCUT2D eigenvalue weighted by Gasteiger charge is -1.94. The van der Waals surface area contributed by atoms with Gasteiger partial charge >= 0.3 is 0 Å². The number of allylic oxidation sites excluding steroid dienone is 7. The van der Waals surface area contributed by atoms with E-state index in [1.807, 2.05) is 32.1 Å². The molecular formula is C13H17NO2S. The van der Waals surface area contributed by atoms with E-state index in [9.17, 15) is 8.42 Å². The maximum Gasteiger partial charge on any atom is 0.262 e. The SMILES string of the molecule is C=C1/C2=C\C=C/C/C=C\C=C/1S(=O)(=O)N2.CC. The lowest BCUT2D eigenvalue weighted by atomic mass is 10.1. The summed E-state index contributed by atoms with van der Waals surface area (Å²) in [6, 6.07) is 0. The summed E-state index contributed by atoms with van der Waals surface area (Å²) in [7, 11) is -3.39. The van der Waals surface area contributed by atoms with Crippen molar-refractivity contribution in [1.29, 1.82) is 0 Å². The molecule has 0 aromatic rings. The topological polar surface area (TPSA) is 46.2 Å². The first kappa shape index (κ1) is 13.5. The average Bonchev–Trinajstić information content (AvgIpc) is 2.52. The van der Waals surface area contributed by atoms with Crippen LogP contribution in [0.4, 0.5) is 0 Å². The molecule has 0 aromatic heterocycles. The summed E-state index contributed by atoms with van der Waals surface area (Å²) >= 11 is 0. The number of nitrogens with one attached hydrogen (secondary N) is 1. The van der Waals surface area contributed by atoms with Crippen molar-refractivity contribution in [3.63, 3.8) is 0 Å². The van der Waals surface area contributed by atoms with Crippen molar-refractivity contribution in [1.82, 2.24) is 4.72 Å². The van der Waals surface area contributed by atoms with Gasteiger partial charge in [-0.15, -0.1) is 0 Å². The van der Waals surface area contributed by atoms with Crippen LogP contribution >= 0.6 is 0 Å². The fourth-order valence-electron chi connectivity index (χ4n) is 1.44. The zero-order valence-corrected chi connectivity index (χ0v) is 10.9. The first-order valence-electron chi connectivity index (χ1n) is 5.57. The number of sulfonamides is 1. The van der Waals surface area contributed by atoms with Crippen molar-refractivity contribution >= 4 is 10.0 Å². The molecule has 0 spiro atoms. The van der Waals surface area contributed by atoms with Crippen molar-refractivity contribution in [3.05, 3.63) is 59.2 Å². The van der Waals surface area contributed by atoms with Crippen LogP contribution < -0.4 is 4.72 Å². The Morgan fingerprint density at radius 1 is 1.18 bits per heavy atom. The molecular weight excluding hydrogens is 234 g/mol. The summed E-state index contributed by atoms with van der Waals surface area (Å²) in [6.45, 7) is 7.76. The van der Waals surface area contributed by atoms with Crippen molar-refractivity contribution in [3.8, 4) is 0 Å². The Kier molecular flexibility index (Phi) is 4.52. The molecule has 0 amide bonds. The zero-order valence-electron chi connectivity index (χ0n) is 10.1. The van der Waals surface area contributed by atoms with Crippen LogP contribution in [-0.4, -0.2) is 8.42 Å². The van der Waals surface area contributed by atoms with Crippen LogP contribution in [0.5, 0.6) is 0 Å². The quantitative estimate of drug-likeness (QED) is 0.719. The molecule has 1 heterocycles. The Morgan fingerprint density at radius 2 is 1.76 bits per heavy atom. The largest absolute Gasteiger partial charge is 0.279 e. The molecule has 1 aliphatic carbocycles. The van der Waals surface area contributed by atoms with Crippen LogP contribution in [-0.2, 0) is 10.0 Å². The second-order valence-electron chi connectivity index (χ2n) is 3.29. The van der Waals surface area contributed by atoms with E-state index < -0.39 is 10.0 Å². The van der Waals surface area contributed by atoms with Crippen LogP contribution in [0.15, 0.2) is 59.2 Å². The smallest absolute Gasteiger partial charge is 0.262 e. The van der Waals surface area contributed by atoms with E-state index in [0.29, 0.717) is 11.3 Å². The highest BCUT2D eigenvalue weighted by molar-refractivity contribution is 7.94. The molecule has 0 radical (unpaired) electrons. The van der Waals surface area contributed by atoms with E-state index in [4.69, 9.17) is 0 Å². The van der Waals surface area contributed by atoms with Gasteiger partial charge in [0, 0.05) is 5.57 Å². The van der Waals surface area contributed by atoms with Gasteiger partial charge in [0.05, 0.1) is 10.6 Å². The molecule has 0 aromatic carbocycles. The average molecular weight is 251 g/mol. The monoisotopic (exact) mass is 251 g/mol. The minimum atomic E-state index is -3.39. The van der Waals surface area contributed by atoms with Gasteiger partial charge < -0.3 is 0 Å². The Hall–Kier alpha value is -1.55. The highest BCUT2D eigenvalue weighted by Crippen LogP contribution is 2.29. The molecule has 2 bridgehead atoms. The summed E-state index contributed by atoms with van der Waals surface area (Å²) in [5.41, 5.74) is 1.07. The molecule has 2 rings (SSSR count). The van der Waals surface area contributed by atoms with E-state index in [2.05, 4.69) is 11.3 Å². The molecule has 0 saturated carbocycles. The van der Waals surface area contributed by atoms with Crippen LogP contribution in [0.1, 0.15) is 20.3 Å². The Balaban J connectivity index is 0.000000686. The number of rotatable bonds is 0. The van der Waals surface area contributed by atoms with Gasteiger partial charge in [0.25, 0.3) is 10.0 Å². The number of hydrogen-bond donors (Lipinski definition) is 1. The van der Waals surface area contributed by atoms with Gasteiger partial charge in [-0.2, -0.15) is 0 Å². The minimum Gasteiger partial charge on any atom is -0.279 e. The van der Waals surface area contributed by atoms with Gasteiger partial charge in [-0.25, -0.2) is 8.42 Å². The lowest BCUT2D eigenvalue weighted by Crippen LogP contribution is -2.13. The van der Waals surface area contributed by atoms with Crippen molar-refractivity contribution in [2.45, 2.75) is 20.3 Å². The van der Waals surface area contributed by atoms with Crippen LogP contribution in [0, 0.1) is 0 Å². The van der Waals surface area contributed by atoms with Gasteiger partial charge in [-0.3, -0.25) is 4.72 Å². The van der Waals surface area contributed by atoms with E-state index in [1.54, 1.807) is 18.2 Å². The Morgan fingerprint density at radius 3 is 2.41 bits per heavy atom. The first-order valence-corrected chi connectivity index (χ1v) is 7.06. The molecule has 1 aliphatic heterocycles. The fraction of sp³-hybridized carbons (Fsp3) is 0.231. The van der Waals surface area contributed by atoms with Crippen LogP contribution in [0.25, 0.3) is 0 Å². The Bertz CT molecular complexity index is 520. The third-order valence-electron chi connectivity index (χ3n) is 2.21. The molecule has 4 heteroatoms. The third kappa shape index (κ3) is 2.97. The highest BCUT2D eigenvalue weighted by atomic mass is 32.2. The van der Waals surface area contributed by atoms with Gasteiger partial charge in [0.2, 0.25) is 0 Å². The molecule has 0 atom stereocenters. The highest BCUT2D eigenvalue weighted by Gasteiger charge is 2.30. The molecule has 1 saturated heterocycles. The summed E-state index contributed by atoms with van der Waals surface area (Å²) in [5, 5.41) is 0. The second kappa shape index (κ2) is 5.68. The third-order valence-corrected chi connectivity index (χ3v) is 3.66. The molecule has 0 unspecified atom stereocenters. The predicted molar refractivity (Wildman–Crippen MR) is 71.6 cm³/mol. The maximum atomic E-state index is 11.6. The van der Waals surface area contributed by atoms with E-state index >= 15 is 0 Å². The minimum absolute atomic E-state index is 0.250. The van der Waals surface area contributed by atoms with Crippen LogP contribution in [0.3, 0.4) is 0 Å². The van der Waals surface area contributed by atoms with Crippen molar-refractivity contribution in [2.75, 3.05) is 0 Å². The van der Waals surface area contributed by atoms with E-state index in [-0.39, 0.29) is 4.91 Å². The molecule has 2 aliphatic rings. The summed E-state index contributed by atoms with van der Waals surface area (Å²) < 4.78 is 25.7. The number of fused-ring (bicyclic) bond motifs is 2. The van der Waals surface area contributed by atoms with Crippen molar-refractivity contribution in [2.24, 2.45) is 0 Å². The number of hydrogen-bond acceptors (Lipinski definition) is 2. The zero-order chi connectivity index (χ0) is 12.9.